The van der Waals surface area contributed by atoms with Crippen LogP contribution in [0.4, 0.5) is 5.69 Å². The number of rotatable bonds is 5. The highest BCUT2D eigenvalue weighted by molar-refractivity contribution is 6.07. The molecule has 2 amide bonds. The monoisotopic (exact) mass is 343 g/mol. The van der Waals surface area contributed by atoms with E-state index in [0.717, 1.165) is 16.3 Å². The normalized spacial score (nSPS) is 10.1. The van der Waals surface area contributed by atoms with Gasteiger partial charge in [0.15, 0.2) is 0 Å². The van der Waals surface area contributed by atoms with E-state index in [4.69, 9.17) is 5.26 Å². The Labute approximate surface area is 151 Å². The summed E-state index contributed by atoms with van der Waals surface area (Å²) in [5.74, 6) is -0.509. The predicted octanol–water partition coefficient (Wildman–Crippen LogP) is 3.62. The quantitative estimate of drug-likeness (QED) is 0.742. The highest BCUT2D eigenvalue weighted by Gasteiger charge is 2.09. The molecule has 0 aliphatic rings. The summed E-state index contributed by atoms with van der Waals surface area (Å²) in [6.45, 7) is 0.337. The van der Waals surface area contributed by atoms with Gasteiger partial charge in [-0.15, -0.1) is 0 Å². The van der Waals surface area contributed by atoms with Crippen molar-refractivity contribution in [3.8, 4) is 6.07 Å². The molecule has 0 saturated carbocycles. The molecule has 3 aromatic rings. The third-order valence-corrected chi connectivity index (χ3v) is 3.94. The van der Waals surface area contributed by atoms with Gasteiger partial charge in [-0.2, -0.15) is 5.26 Å². The van der Waals surface area contributed by atoms with E-state index in [0.29, 0.717) is 17.8 Å². The van der Waals surface area contributed by atoms with Crippen LogP contribution in [0.25, 0.3) is 10.8 Å². The maximum atomic E-state index is 12.6. The number of hydrogen-bond donors (Lipinski definition) is 2. The lowest BCUT2D eigenvalue weighted by Crippen LogP contribution is -2.23. The minimum absolute atomic E-state index is 0.152. The Morgan fingerprint density at radius 3 is 2.58 bits per heavy atom. The first-order valence-electron chi connectivity index (χ1n) is 8.19. The number of carbonyl (C=O) groups excluding carboxylic acids is 2. The zero-order valence-electron chi connectivity index (χ0n) is 14.0. The number of benzene rings is 3. The summed E-state index contributed by atoms with van der Waals surface area (Å²) in [6, 6.07) is 22.4. The van der Waals surface area contributed by atoms with Crippen molar-refractivity contribution < 1.29 is 9.59 Å². The molecule has 0 aliphatic heterocycles. The minimum Gasteiger partial charge on any atom is -0.348 e. The Kier molecular flexibility index (Phi) is 5.25. The third kappa shape index (κ3) is 4.05. The average molecular weight is 343 g/mol. The van der Waals surface area contributed by atoms with Crippen molar-refractivity contribution in [1.82, 2.24) is 5.32 Å². The maximum absolute atomic E-state index is 12.6. The van der Waals surface area contributed by atoms with Crippen molar-refractivity contribution in [1.29, 1.82) is 5.26 Å². The molecule has 0 unspecified atom stereocenters. The summed E-state index contributed by atoms with van der Waals surface area (Å²) in [4.78, 5) is 24.1. The van der Waals surface area contributed by atoms with Crippen molar-refractivity contribution in [2.24, 2.45) is 0 Å². The van der Waals surface area contributed by atoms with Gasteiger partial charge in [0.25, 0.3) is 5.91 Å². The molecule has 26 heavy (non-hydrogen) atoms. The zero-order valence-corrected chi connectivity index (χ0v) is 14.0. The lowest BCUT2D eigenvalue weighted by molar-refractivity contribution is -0.115. The molecule has 0 spiro atoms. The van der Waals surface area contributed by atoms with Crippen LogP contribution in [-0.2, 0) is 11.3 Å². The molecule has 5 nitrogen and oxygen atoms in total. The fourth-order valence-corrected chi connectivity index (χ4v) is 2.74. The van der Waals surface area contributed by atoms with E-state index in [1.165, 1.54) is 0 Å². The highest BCUT2D eigenvalue weighted by Crippen LogP contribution is 2.18. The second-order valence-corrected chi connectivity index (χ2v) is 5.79. The van der Waals surface area contributed by atoms with E-state index in [1.807, 2.05) is 42.5 Å². The third-order valence-electron chi connectivity index (χ3n) is 3.94. The van der Waals surface area contributed by atoms with E-state index >= 15 is 0 Å². The number of fused-ring (bicyclic) bond motifs is 1. The molecule has 0 aliphatic carbocycles. The topological polar surface area (TPSA) is 82.0 Å². The number of nitrogens with one attached hydrogen (secondary N) is 2. The van der Waals surface area contributed by atoms with Crippen LogP contribution in [0.5, 0.6) is 0 Å². The van der Waals surface area contributed by atoms with Crippen molar-refractivity contribution in [3.05, 3.63) is 77.9 Å². The Bertz CT molecular complexity index is 1000. The largest absolute Gasteiger partial charge is 0.348 e. The van der Waals surface area contributed by atoms with Gasteiger partial charge in [0.2, 0.25) is 5.91 Å². The molecular weight excluding hydrogens is 326 g/mol. The average Bonchev–Trinajstić information content (AvgIpc) is 2.66. The van der Waals surface area contributed by atoms with E-state index in [9.17, 15) is 9.59 Å². The van der Waals surface area contributed by atoms with Crippen molar-refractivity contribution >= 4 is 28.3 Å². The van der Waals surface area contributed by atoms with Crippen LogP contribution in [0.3, 0.4) is 0 Å². The Balaban J connectivity index is 1.70. The second kappa shape index (κ2) is 7.95. The molecule has 0 bridgehead atoms. The summed E-state index contributed by atoms with van der Waals surface area (Å²) in [7, 11) is 0. The van der Waals surface area contributed by atoms with Gasteiger partial charge in [0, 0.05) is 17.8 Å². The van der Waals surface area contributed by atoms with Crippen LogP contribution >= 0.6 is 0 Å². The van der Waals surface area contributed by atoms with Crippen LogP contribution in [0.2, 0.25) is 0 Å². The van der Waals surface area contributed by atoms with Crippen LogP contribution in [0.15, 0.2) is 66.7 Å². The Hall–Kier alpha value is -3.65. The Morgan fingerprint density at radius 1 is 0.962 bits per heavy atom. The van der Waals surface area contributed by atoms with Gasteiger partial charge in [-0.3, -0.25) is 9.59 Å². The van der Waals surface area contributed by atoms with Gasteiger partial charge in [0.1, 0.15) is 6.42 Å². The molecule has 0 aromatic heterocycles. The molecule has 3 aromatic carbocycles. The molecule has 128 valence electrons. The van der Waals surface area contributed by atoms with E-state index in [2.05, 4.69) is 10.6 Å². The van der Waals surface area contributed by atoms with Gasteiger partial charge in [-0.1, -0.05) is 48.5 Å². The van der Waals surface area contributed by atoms with Gasteiger partial charge in [0.05, 0.1) is 6.07 Å². The van der Waals surface area contributed by atoms with Crippen molar-refractivity contribution in [3.63, 3.8) is 0 Å². The van der Waals surface area contributed by atoms with Crippen molar-refractivity contribution in [2.75, 3.05) is 5.32 Å². The summed E-state index contributed by atoms with van der Waals surface area (Å²) in [5.41, 5.74) is 2.08. The van der Waals surface area contributed by atoms with Gasteiger partial charge in [-0.05, 0) is 34.5 Å². The minimum atomic E-state index is -0.357. The first-order chi connectivity index (χ1) is 12.7. The van der Waals surface area contributed by atoms with Crippen LogP contribution < -0.4 is 10.6 Å². The molecule has 0 radical (unpaired) electrons. The summed E-state index contributed by atoms with van der Waals surface area (Å²) >= 11 is 0. The molecule has 0 saturated heterocycles. The second-order valence-electron chi connectivity index (χ2n) is 5.79. The van der Waals surface area contributed by atoms with Crippen molar-refractivity contribution in [2.45, 2.75) is 13.0 Å². The number of hydrogen-bond acceptors (Lipinski definition) is 3. The zero-order chi connectivity index (χ0) is 18.4. The van der Waals surface area contributed by atoms with Crippen LogP contribution in [0, 0.1) is 11.3 Å². The van der Waals surface area contributed by atoms with E-state index < -0.39 is 0 Å². The van der Waals surface area contributed by atoms with Gasteiger partial charge in [-0.25, -0.2) is 0 Å². The molecule has 2 N–H and O–H groups in total. The van der Waals surface area contributed by atoms with Crippen LogP contribution in [-0.4, -0.2) is 11.8 Å². The number of anilines is 1. The Morgan fingerprint density at radius 2 is 1.73 bits per heavy atom. The van der Waals surface area contributed by atoms with Gasteiger partial charge < -0.3 is 10.6 Å². The lowest BCUT2D eigenvalue weighted by atomic mass is 10.0. The molecule has 3 rings (SSSR count). The number of nitriles is 1. The number of nitrogens with zero attached hydrogens (tertiary/aromatic N) is 1. The lowest BCUT2D eigenvalue weighted by Gasteiger charge is -2.10. The summed E-state index contributed by atoms with van der Waals surface area (Å²) in [5, 5.41) is 16.0. The first-order valence-corrected chi connectivity index (χ1v) is 8.19. The summed E-state index contributed by atoms with van der Waals surface area (Å²) < 4.78 is 0. The molecule has 0 fully saturated rings. The molecule has 0 heterocycles. The SMILES string of the molecule is N#CCC(=O)Nc1cccc(CNC(=O)c2cccc3ccccc23)c1. The standard InChI is InChI=1S/C21H17N3O2/c22-12-11-20(25)24-17-8-3-5-15(13-17)14-23-21(26)19-10-4-7-16-6-1-2-9-18(16)19/h1-10,13H,11,14H2,(H,23,26)(H,24,25). The summed E-state index contributed by atoms with van der Waals surface area (Å²) in [6.07, 6.45) is -0.192. The predicted molar refractivity (Wildman–Crippen MR) is 100 cm³/mol. The van der Waals surface area contributed by atoms with E-state index in [1.54, 1.807) is 30.3 Å². The van der Waals surface area contributed by atoms with E-state index in [-0.39, 0.29) is 18.2 Å². The fraction of sp³-hybridized carbons (Fsp3) is 0.0952. The van der Waals surface area contributed by atoms with Gasteiger partial charge >= 0.3 is 0 Å². The fourth-order valence-electron chi connectivity index (χ4n) is 2.74. The smallest absolute Gasteiger partial charge is 0.252 e. The number of carbonyl (C=O) groups is 2. The molecular formula is C21H17N3O2. The van der Waals surface area contributed by atoms with Crippen LogP contribution in [0.1, 0.15) is 22.3 Å². The molecule has 5 heteroatoms. The maximum Gasteiger partial charge on any atom is 0.252 e. The molecule has 0 atom stereocenters. The number of amides is 2. The first kappa shape index (κ1) is 17.2. The highest BCUT2D eigenvalue weighted by atomic mass is 16.2.